The Bertz CT molecular complexity index is 1090. The van der Waals surface area contributed by atoms with Crippen LogP contribution in [0.5, 0.6) is 0 Å². The lowest BCUT2D eigenvalue weighted by Crippen LogP contribution is -2.30. The van der Waals surface area contributed by atoms with Crippen LogP contribution in [0.4, 0.5) is 5.69 Å². The number of carbonyl (C=O) groups is 1. The number of rotatable bonds is 8. The molecular weight excluding hydrogens is 412 g/mol. The van der Waals surface area contributed by atoms with Crippen LogP contribution in [-0.2, 0) is 19.9 Å². The van der Waals surface area contributed by atoms with Crippen molar-refractivity contribution in [1.29, 1.82) is 0 Å². The van der Waals surface area contributed by atoms with Crippen molar-refractivity contribution in [3.63, 3.8) is 0 Å². The van der Waals surface area contributed by atoms with E-state index in [0.29, 0.717) is 11.3 Å². The Hall–Kier alpha value is -2.65. The number of nitrogens with zero attached hydrogens (tertiary/aromatic N) is 1. The molecule has 0 aliphatic carbocycles. The van der Waals surface area contributed by atoms with Gasteiger partial charge in [-0.05, 0) is 48.9 Å². The number of hydrogen-bond acceptors (Lipinski definition) is 5. The Morgan fingerprint density at radius 2 is 1.59 bits per heavy atom. The molecule has 0 saturated carbocycles. The Kier molecular flexibility index (Phi) is 6.86. The molecule has 0 saturated heterocycles. The summed E-state index contributed by atoms with van der Waals surface area (Å²) in [6.45, 7) is 5.48. The predicted molar refractivity (Wildman–Crippen MR) is 114 cm³/mol. The van der Waals surface area contributed by atoms with Crippen molar-refractivity contribution in [3.8, 4) is 0 Å². The number of sulfonamides is 1. The van der Waals surface area contributed by atoms with Crippen LogP contribution in [0.15, 0.2) is 66.1 Å². The molecule has 0 heterocycles. The molecule has 2 aromatic rings. The first-order chi connectivity index (χ1) is 13.4. The molecule has 0 bridgehead atoms. The normalized spacial score (nSPS) is 12.8. The summed E-state index contributed by atoms with van der Waals surface area (Å²) in [5.74, 6) is -0.328. The third-order valence-electron chi connectivity index (χ3n) is 4.27. The van der Waals surface area contributed by atoms with Gasteiger partial charge in [0.1, 0.15) is 0 Å². The highest BCUT2D eigenvalue weighted by atomic mass is 32.2. The summed E-state index contributed by atoms with van der Waals surface area (Å²) in [6.07, 6.45) is 3.73. The maximum Gasteiger partial charge on any atom is 0.251 e. The van der Waals surface area contributed by atoms with Gasteiger partial charge in [-0.1, -0.05) is 18.2 Å². The minimum atomic E-state index is -3.46. The summed E-state index contributed by atoms with van der Waals surface area (Å²) in [5, 5.41) is 2.84. The standard InChI is InChI=1S/C20H24N2O5S2/c1-5-14-22(29(4,26)27)18-10-6-17(7-11-18)20(23)21-15(2)16-8-12-19(13-9-16)28(3,24)25/h5-13,15H,1,14H2,2-4H3,(H,21,23)/t15-/m0/s1. The quantitative estimate of drug-likeness (QED) is 0.641. The summed E-state index contributed by atoms with van der Waals surface area (Å²) >= 11 is 0. The second-order valence-corrected chi connectivity index (χ2v) is 10.6. The predicted octanol–water partition coefficient (Wildman–Crippen LogP) is 2.53. The van der Waals surface area contributed by atoms with E-state index < -0.39 is 19.9 Å². The monoisotopic (exact) mass is 436 g/mol. The van der Waals surface area contributed by atoms with Gasteiger partial charge in [0.25, 0.3) is 5.91 Å². The van der Waals surface area contributed by atoms with E-state index >= 15 is 0 Å². The van der Waals surface area contributed by atoms with E-state index in [2.05, 4.69) is 11.9 Å². The lowest BCUT2D eigenvalue weighted by atomic mass is 10.1. The molecule has 9 heteroatoms. The number of sulfone groups is 1. The molecule has 0 aliphatic heterocycles. The van der Waals surface area contributed by atoms with Gasteiger partial charge in [0.05, 0.1) is 29.4 Å². The van der Waals surface area contributed by atoms with Crippen molar-refractivity contribution < 1.29 is 21.6 Å². The number of anilines is 1. The minimum absolute atomic E-state index is 0.130. The fourth-order valence-electron chi connectivity index (χ4n) is 2.70. The van der Waals surface area contributed by atoms with Crippen LogP contribution in [0.1, 0.15) is 28.9 Å². The minimum Gasteiger partial charge on any atom is -0.346 e. The lowest BCUT2D eigenvalue weighted by Gasteiger charge is -2.21. The SMILES string of the molecule is C=CCN(c1ccc(C(=O)N[C@@H](C)c2ccc(S(C)(=O)=O)cc2)cc1)S(C)(=O)=O. The van der Waals surface area contributed by atoms with E-state index in [4.69, 9.17) is 0 Å². The Balaban J connectivity index is 2.13. The van der Waals surface area contributed by atoms with Crippen LogP contribution in [-0.4, -0.2) is 41.8 Å². The Morgan fingerprint density at radius 1 is 1.03 bits per heavy atom. The summed E-state index contributed by atoms with van der Waals surface area (Å²) in [5.41, 5.74) is 1.57. The van der Waals surface area contributed by atoms with Gasteiger partial charge in [-0.3, -0.25) is 9.10 Å². The summed E-state index contributed by atoms with van der Waals surface area (Å²) in [4.78, 5) is 12.7. The zero-order valence-electron chi connectivity index (χ0n) is 16.5. The van der Waals surface area contributed by atoms with Crippen molar-refractivity contribution in [3.05, 3.63) is 72.3 Å². The zero-order valence-corrected chi connectivity index (χ0v) is 18.1. The van der Waals surface area contributed by atoms with Crippen molar-refractivity contribution in [2.24, 2.45) is 0 Å². The van der Waals surface area contributed by atoms with Gasteiger partial charge in [0, 0.05) is 11.8 Å². The molecule has 0 unspecified atom stereocenters. The molecule has 1 amide bonds. The van der Waals surface area contributed by atoms with Gasteiger partial charge >= 0.3 is 0 Å². The highest BCUT2D eigenvalue weighted by molar-refractivity contribution is 7.92. The number of nitrogens with one attached hydrogen (secondary N) is 1. The van der Waals surface area contributed by atoms with Crippen molar-refractivity contribution in [2.75, 3.05) is 23.4 Å². The fraction of sp³-hybridized carbons (Fsp3) is 0.250. The fourth-order valence-corrected chi connectivity index (χ4v) is 4.21. The second kappa shape index (κ2) is 8.79. The number of carbonyl (C=O) groups excluding carboxylic acids is 1. The molecule has 0 radical (unpaired) electrons. The molecule has 2 rings (SSSR count). The molecule has 1 N–H and O–H groups in total. The first kappa shape index (κ1) is 22.6. The molecule has 0 aromatic heterocycles. The molecule has 0 spiro atoms. The van der Waals surface area contributed by atoms with Gasteiger partial charge < -0.3 is 5.32 Å². The summed E-state index contributed by atoms with van der Waals surface area (Å²) in [7, 11) is -6.74. The van der Waals surface area contributed by atoms with E-state index in [1.54, 1.807) is 43.3 Å². The number of hydrogen-bond donors (Lipinski definition) is 1. The van der Waals surface area contributed by atoms with Gasteiger partial charge in [-0.25, -0.2) is 16.8 Å². The third-order valence-corrected chi connectivity index (χ3v) is 6.56. The largest absolute Gasteiger partial charge is 0.346 e. The van der Waals surface area contributed by atoms with E-state index in [1.807, 2.05) is 0 Å². The lowest BCUT2D eigenvalue weighted by molar-refractivity contribution is 0.0940. The summed E-state index contributed by atoms with van der Waals surface area (Å²) < 4.78 is 48.0. The molecule has 7 nitrogen and oxygen atoms in total. The van der Waals surface area contributed by atoms with Crippen LogP contribution in [0.25, 0.3) is 0 Å². The first-order valence-corrected chi connectivity index (χ1v) is 12.5. The van der Waals surface area contributed by atoms with E-state index in [-0.39, 0.29) is 23.4 Å². The number of amides is 1. The van der Waals surface area contributed by atoms with Gasteiger partial charge in [-0.15, -0.1) is 6.58 Å². The average Bonchev–Trinajstić information content (AvgIpc) is 2.64. The molecule has 1 atom stereocenters. The van der Waals surface area contributed by atoms with Gasteiger partial charge in [0.2, 0.25) is 10.0 Å². The van der Waals surface area contributed by atoms with E-state index in [0.717, 1.165) is 18.1 Å². The topological polar surface area (TPSA) is 101 Å². The van der Waals surface area contributed by atoms with Crippen LogP contribution in [0.2, 0.25) is 0 Å². The Morgan fingerprint density at radius 3 is 2.03 bits per heavy atom. The van der Waals surface area contributed by atoms with Gasteiger partial charge in [0.15, 0.2) is 9.84 Å². The maximum atomic E-state index is 12.5. The summed E-state index contributed by atoms with van der Waals surface area (Å²) in [6, 6.07) is 12.2. The van der Waals surface area contributed by atoms with Gasteiger partial charge in [-0.2, -0.15) is 0 Å². The molecular formula is C20H24N2O5S2. The zero-order chi connectivity index (χ0) is 21.8. The molecule has 0 aliphatic rings. The van der Waals surface area contributed by atoms with Crippen LogP contribution in [0.3, 0.4) is 0 Å². The molecule has 0 fully saturated rings. The first-order valence-electron chi connectivity index (χ1n) is 8.73. The van der Waals surface area contributed by atoms with Crippen molar-refractivity contribution in [1.82, 2.24) is 5.32 Å². The highest BCUT2D eigenvalue weighted by Crippen LogP contribution is 2.20. The average molecular weight is 437 g/mol. The van der Waals surface area contributed by atoms with Crippen molar-refractivity contribution >= 4 is 31.5 Å². The second-order valence-electron chi connectivity index (χ2n) is 6.67. The van der Waals surface area contributed by atoms with Crippen LogP contribution in [0, 0.1) is 0 Å². The van der Waals surface area contributed by atoms with Crippen LogP contribution < -0.4 is 9.62 Å². The van der Waals surface area contributed by atoms with Crippen molar-refractivity contribution in [2.45, 2.75) is 17.9 Å². The maximum absolute atomic E-state index is 12.5. The van der Waals surface area contributed by atoms with Crippen LogP contribution >= 0.6 is 0 Å². The third kappa shape index (κ3) is 5.91. The smallest absolute Gasteiger partial charge is 0.251 e. The highest BCUT2D eigenvalue weighted by Gasteiger charge is 2.17. The Labute approximate surface area is 172 Å². The van der Waals surface area contributed by atoms with E-state index in [1.165, 1.54) is 22.5 Å². The van der Waals surface area contributed by atoms with E-state index in [9.17, 15) is 21.6 Å². The molecule has 2 aromatic carbocycles. The molecule has 156 valence electrons. The number of benzene rings is 2. The molecule has 29 heavy (non-hydrogen) atoms.